The summed E-state index contributed by atoms with van der Waals surface area (Å²) in [6.45, 7) is 4.07. The summed E-state index contributed by atoms with van der Waals surface area (Å²) in [7, 11) is 0. The van der Waals surface area contributed by atoms with E-state index >= 15 is 0 Å². The first-order valence-corrected chi connectivity index (χ1v) is 10.3. The lowest BCUT2D eigenvalue weighted by atomic mass is 10.1. The molecule has 1 aliphatic rings. The second kappa shape index (κ2) is 8.09. The van der Waals surface area contributed by atoms with E-state index in [1.54, 1.807) is 0 Å². The van der Waals surface area contributed by atoms with Gasteiger partial charge in [0.15, 0.2) is 5.17 Å². The second-order valence-electron chi connectivity index (χ2n) is 7.10. The van der Waals surface area contributed by atoms with E-state index in [1.807, 2.05) is 74.5 Å². The molecule has 1 atom stereocenters. The van der Waals surface area contributed by atoms with Gasteiger partial charge in [0.2, 0.25) is 11.8 Å². The summed E-state index contributed by atoms with van der Waals surface area (Å²) in [6.07, 6.45) is 0.0925. The Labute approximate surface area is 173 Å². The van der Waals surface area contributed by atoms with Gasteiger partial charge in [0.25, 0.3) is 0 Å². The van der Waals surface area contributed by atoms with Crippen molar-refractivity contribution < 1.29 is 9.59 Å². The Morgan fingerprint density at radius 1 is 1.03 bits per heavy atom. The molecular weight excluding hydrogens is 382 g/mol. The van der Waals surface area contributed by atoms with Gasteiger partial charge in [-0.15, -0.1) is 0 Å². The van der Waals surface area contributed by atoms with Crippen molar-refractivity contribution in [1.29, 1.82) is 0 Å². The highest BCUT2D eigenvalue weighted by atomic mass is 32.2. The minimum atomic E-state index is -0.485. The van der Waals surface area contributed by atoms with E-state index in [9.17, 15) is 9.59 Å². The molecule has 6 heteroatoms. The summed E-state index contributed by atoms with van der Waals surface area (Å²) in [5, 5.41) is 7.88. The van der Waals surface area contributed by atoms with Crippen LogP contribution in [0.3, 0.4) is 0 Å². The number of nitrogens with one attached hydrogen (secondary N) is 2. The van der Waals surface area contributed by atoms with Crippen molar-refractivity contribution in [2.45, 2.75) is 25.5 Å². The topological polar surface area (TPSA) is 70.6 Å². The van der Waals surface area contributed by atoms with Crippen LogP contribution in [0.5, 0.6) is 0 Å². The fraction of sp³-hybridized carbons (Fsp3) is 0.174. The van der Waals surface area contributed by atoms with Crippen molar-refractivity contribution >= 4 is 50.9 Å². The number of thioether (sulfide) groups is 1. The number of amidine groups is 1. The average Bonchev–Trinajstić information content (AvgIpc) is 3.03. The normalized spacial score (nSPS) is 17.5. The molecule has 3 aromatic carbocycles. The third kappa shape index (κ3) is 4.49. The Kier molecular flexibility index (Phi) is 5.36. The molecule has 3 aromatic rings. The van der Waals surface area contributed by atoms with E-state index in [0.29, 0.717) is 5.17 Å². The van der Waals surface area contributed by atoms with Crippen LogP contribution in [0.25, 0.3) is 10.8 Å². The largest absolute Gasteiger partial charge is 0.326 e. The van der Waals surface area contributed by atoms with Crippen LogP contribution in [-0.4, -0.2) is 22.2 Å². The predicted molar refractivity (Wildman–Crippen MR) is 120 cm³/mol. The fourth-order valence-electron chi connectivity index (χ4n) is 3.15. The summed E-state index contributed by atoms with van der Waals surface area (Å²) in [6, 6.07) is 19.6. The van der Waals surface area contributed by atoms with Gasteiger partial charge < -0.3 is 10.6 Å². The standard InChI is InChI=1S/C23H21N3O2S/c1-14-7-9-18(11-15(14)2)25-23-26-22(28)20(29-23)13-21(27)24-19-10-8-16-5-3-4-6-17(16)12-19/h3-12,20H,13H2,1-2H3,(H,24,27)(H,25,26,28)/t20-/m1/s1. The number of nitrogens with zero attached hydrogens (tertiary/aromatic N) is 1. The number of benzene rings is 3. The lowest BCUT2D eigenvalue weighted by Gasteiger charge is -2.08. The summed E-state index contributed by atoms with van der Waals surface area (Å²) in [4.78, 5) is 29.2. The molecule has 0 saturated carbocycles. The van der Waals surface area contributed by atoms with Gasteiger partial charge in [-0.05, 0) is 60.0 Å². The third-order valence-electron chi connectivity index (χ3n) is 4.90. The minimum Gasteiger partial charge on any atom is -0.326 e. The van der Waals surface area contributed by atoms with E-state index in [1.165, 1.54) is 17.3 Å². The van der Waals surface area contributed by atoms with Crippen LogP contribution in [0.2, 0.25) is 0 Å². The van der Waals surface area contributed by atoms with Gasteiger partial charge in [-0.1, -0.05) is 48.2 Å². The molecule has 5 nitrogen and oxygen atoms in total. The van der Waals surface area contributed by atoms with Crippen LogP contribution in [0.4, 0.5) is 11.4 Å². The van der Waals surface area contributed by atoms with Gasteiger partial charge >= 0.3 is 0 Å². The van der Waals surface area contributed by atoms with Crippen LogP contribution in [0.15, 0.2) is 65.7 Å². The van der Waals surface area contributed by atoms with Crippen LogP contribution in [0, 0.1) is 13.8 Å². The van der Waals surface area contributed by atoms with Crippen LogP contribution in [0.1, 0.15) is 17.5 Å². The zero-order valence-corrected chi connectivity index (χ0v) is 17.0. The second-order valence-corrected chi connectivity index (χ2v) is 8.29. The molecule has 29 heavy (non-hydrogen) atoms. The zero-order chi connectivity index (χ0) is 20.4. The van der Waals surface area contributed by atoms with Crippen LogP contribution < -0.4 is 10.6 Å². The van der Waals surface area contributed by atoms with Gasteiger partial charge in [-0.3, -0.25) is 9.59 Å². The predicted octanol–water partition coefficient (Wildman–Crippen LogP) is 4.70. The van der Waals surface area contributed by atoms with E-state index in [4.69, 9.17) is 0 Å². The molecule has 0 radical (unpaired) electrons. The number of rotatable bonds is 4. The number of hydrogen-bond donors (Lipinski definition) is 2. The summed E-state index contributed by atoms with van der Waals surface area (Å²) < 4.78 is 0. The molecule has 1 fully saturated rings. The molecule has 2 amide bonds. The first-order valence-electron chi connectivity index (χ1n) is 9.40. The lowest BCUT2D eigenvalue weighted by Crippen LogP contribution is -2.28. The molecular formula is C23H21N3O2S. The third-order valence-corrected chi connectivity index (χ3v) is 5.98. The first kappa shape index (κ1) is 19.2. The highest BCUT2D eigenvalue weighted by molar-refractivity contribution is 8.15. The Hall–Kier alpha value is -3.12. The average molecular weight is 404 g/mol. The number of hydrogen-bond acceptors (Lipinski definition) is 4. The van der Waals surface area contributed by atoms with E-state index in [0.717, 1.165) is 27.7 Å². The smallest absolute Gasteiger partial charge is 0.240 e. The number of fused-ring (bicyclic) bond motifs is 1. The lowest BCUT2D eigenvalue weighted by molar-refractivity contribution is -0.122. The van der Waals surface area contributed by atoms with Crippen molar-refractivity contribution in [3.63, 3.8) is 0 Å². The van der Waals surface area contributed by atoms with Crippen LogP contribution in [-0.2, 0) is 9.59 Å². The number of anilines is 1. The number of carbonyl (C=O) groups excluding carboxylic acids is 2. The molecule has 0 spiro atoms. The quantitative estimate of drug-likeness (QED) is 0.663. The number of aryl methyl sites for hydroxylation is 2. The van der Waals surface area contributed by atoms with E-state index < -0.39 is 5.25 Å². The zero-order valence-electron chi connectivity index (χ0n) is 16.2. The van der Waals surface area contributed by atoms with Gasteiger partial charge in [0, 0.05) is 12.1 Å². The molecule has 0 unspecified atom stereocenters. The molecule has 1 heterocycles. The minimum absolute atomic E-state index is 0.0925. The van der Waals surface area contributed by atoms with E-state index in [-0.39, 0.29) is 18.2 Å². The van der Waals surface area contributed by atoms with Crippen molar-refractivity contribution in [2.75, 3.05) is 5.32 Å². The van der Waals surface area contributed by atoms with Crippen molar-refractivity contribution in [2.24, 2.45) is 4.99 Å². The summed E-state index contributed by atoms with van der Waals surface area (Å²) in [5.41, 5.74) is 3.85. The maximum Gasteiger partial charge on any atom is 0.240 e. The molecule has 1 aliphatic heterocycles. The van der Waals surface area contributed by atoms with Gasteiger partial charge in [0.05, 0.1) is 5.69 Å². The van der Waals surface area contributed by atoms with Crippen molar-refractivity contribution in [3.05, 3.63) is 71.8 Å². The highest BCUT2D eigenvalue weighted by Crippen LogP contribution is 2.27. The van der Waals surface area contributed by atoms with Gasteiger partial charge in [-0.25, -0.2) is 4.99 Å². The summed E-state index contributed by atoms with van der Waals surface area (Å²) >= 11 is 1.29. The molecule has 1 saturated heterocycles. The number of aliphatic imine (C=N–C) groups is 1. The Balaban J connectivity index is 1.40. The first-order chi connectivity index (χ1) is 14.0. The molecule has 2 N–H and O–H groups in total. The molecule has 4 rings (SSSR count). The highest BCUT2D eigenvalue weighted by Gasteiger charge is 2.32. The Morgan fingerprint density at radius 2 is 1.83 bits per heavy atom. The molecule has 0 bridgehead atoms. The van der Waals surface area contributed by atoms with Gasteiger partial charge in [0.1, 0.15) is 5.25 Å². The molecule has 0 aliphatic carbocycles. The maximum absolute atomic E-state index is 12.5. The van der Waals surface area contributed by atoms with E-state index in [2.05, 4.69) is 15.6 Å². The maximum atomic E-state index is 12.5. The number of carbonyl (C=O) groups is 2. The summed E-state index contributed by atoms with van der Waals surface area (Å²) in [5.74, 6) is -0.383. The number of amides is 2. The Morgan fingerprint density at radius 3 is 2.62 bits per heavy atom. The SMILES string of the molecule is Cc1ccc(N=C2NC(=O)[C@@H](CC(=O)Nc3ccc4ccccc4c3)S2)cc1C. The fourth-order valence-corrected chi connectivity index (χ4v) is 4.14. The molecule has 146 valence electrons. The van der Waals surface area contributed by atoms with Gasteiger partial charge in [-0.2, -0.15) is 0 Å². The monoisotopic (exact) mass is 403 g/mol. The van der Waals surface area contributed by atoms with Crippen molar-refractivity contribution in [3.8, 4) is 0 Å². The Bertz CT molecular complexity index is 1140. The molecule has 0 aromatic heterocycles. The van der Waals surface area contributed by atoms with Crippen LogP contribution >= 0.6 is 11.8 Å². The van der Waals surface area contributed by atoms with Crippen molar-refractivity contribution in [1.82, 2.24) is 5.32 Å².